The van der Waals surface area contributed by atoms with E-state index >= 15 is 0 Å². The molecule has 0 saturated carbocycles. The highest BCUT2D eigenvalue weighted by molar-refractivity contribution is 5.82. The van der Waals surface area contributed by atoms with Crippen molar-refractivity contribution in [3.63, 3.8) is 0 Å². The van der Waals surface area contributed by atoms with Crippen molar-refractivity contribution in [2.45, 2.75) is 13.8 Å². The maximum Gasteiger partial charge on any atom is 0.231 e. The summed E-state index contributed by atoms with van der Waals surface area (Å²) >= 11 is 0. The van der Waals surface area contributed by atoms with E-state index in [1.165, 1.54) is 11.1 Å². The number of guanidine groups is 1. The number of aromatic nitrogens is 2. The molecule has 2 rings (SSSR count). The van der Waals surface area contributed by atoms with Crippen molar-refractivity contribution >= 4 is 22.9 Å². The summed E-state index contributed by atoms with van der Waals surface area (Å²) in [5, 5.41) is 0. The van der Waals surface area contributed by atoms with Crippen LogP contribution in [-0.4, -0.2) is 15.9 Å². The Hall–Kier alpha value is -2.04. The van der Waals surface area contributed by atoms with E-state index in [2.05, 4.69) is 21.9 Å². The highest BCUT2D eigenvalue weighted by Gasteiger charge is 2.03. The van der Waals surface area contributed by atoms with Crippen LogP contribution < -0.4 is 11.5 Å². The van der Waals surface area contributed by atoms with E-state index in [-0.39, 0.29) is 5.96 Å². The lowest BCUT2D eigenvalue weighted by atomic mass is 10.1. The molecule has 0 saturated heterocycles. The molecule has 0 atom stereocenters. The zero-order chi connectivity index (χ0) is 11.0. The van der Waals surface area contributed by atoms with Gasteiger partial charge in [0, 0.05) is 0 Å². The van der Waals surface area contributed by atoms with E-state index in [1.54, 1.807) is 0 Å². The van der Waals surface area contributed by atoms with E-state index in [1.807, 2.05) is 19.1 Å². The summed E-state index contributed by atoms with van der Waals surface area (Å²) in [5.41, 5.74) is 14.8. The third kappa shape index (κ3) is 1.76. The fraction of sp³-hybridized carbons (Fsp3) is 0.200. The topological polar surface area (TPSA) is 93.1 Å². The van der Waals surface area contributed by atoms with Crippen molar-refractivity contribution in [1.29, 1.82) is 0 Å². The molecule has 2 aromatic rings. The molecule has 1 heterocycles. The molecule has 0 aliphatic rings. The van der Waals surface area contributed by atoms with Crippen LogP contribution in [0.3, 0.4) is 0 Å². The van der Waals surface area contributed by atoms with Crippen LogP contribution in [0.25, 0.3) is 11.0 Å². The summed E-state index contributed by atoms with van der Waals surface area (Å²) in [7, 11) is 0. The number of imidazole rings is 1. The molecule has 0 fully saturated rings. The summed E-state index contributed by atoms with van der Waals surface area (Å²) < 4.78 is 0. The van der Waals surface area contributed by atoms with Crippen molar-refractivity contribution in [2.75, 3.05) is 0 Å². The monoisotopic (exact) mass is 203 g/mol. The van der Waals surface area contributed by atoms with Crippen LogP contribution in [-0.2, 0) is 0 Å². The van der Waals surface area contributed by atoms with E-state index in [0.29, 0.717) is 5.95 Å². The molecule has 0 amide bonds. The second kappa shape index (κ2) is 3.27. The maximum atomic E-state index is 5.27. The number of benzene rings is 1. The first-order chi connectivity index (χ1) is 7.06. The molecule has 5 heteroatoms. The second-order valence-corrected chi connectivity index (χ2v) is 3.55. The van der Waals surface area contributed by atoms with Gasteiger partial charge in [0.2, 0.25) is 5.95 Å². The van der Waals surface area contributed by atoms with Crippen LogP contribution >= 0.6 is 0 Å². The Morgan fingerprint density at radius 3 is 2.60 bits per heavy atom. The van der Waals surface area contributed by atoms with Crippen LogP contribution in [0.4, 0.5) is 5.95 Å². The van der Waals surface area contributed by atoms with Gasteiger partial charge in [-0.05, 0) is 37.1 Å². The summed E-state index contributed by atoms with van der Waals surface area (Å²) in [4.78, 5) is 11.1. The zero-order valence-corrected chi connectivity index (χ0v) is 8.70. The number of aliphatic imine (C=N–C) groups is 1. The quantitative estimate of drug-likeness (QED) is 0.478. The predicted octanol–water partition coefficient (Wildman–Crippen LogP) is 1.08. The Bertz CT molecular complexity index is 495. The molecule has 1 aromatic carbocycles. The number of fused-ring (bicyclic) bond motifs is 1. The maximum absolute atomic E-state index is 5.27. The van der Waals surface area contributed by atoms with Crippen molar-refractivity contribution in [3.8, 4) is 0 Å². The molecule has 5 nitrogen and oxygen atoms in total. The van der Waals surface area contributed by atoms with Crippen LogP contribution in [0.1, 0.15) is 11.1 Å². The van der Waals surface area contributed by atoms with Crippen molar-refractivity contribution in [2.24, 2.45) is 16.5 Å². The molecule has 78 valence electrons. The fourth-order valence-corrected chi connectivity index (χ4v) is 1.43. The molecule has 1 aromatic heterocycles. The van der Waals surface area contributed by atoms with Gasteiger partial charge in [0.1, 0.15) is 0 Å². The van der Waals surface area contributed by atoms with E-state index < -0.39 is 0 Å². The third-order valence-electron chi connectivity index (χ3n) is 2.32. The summed E-state index contributed by atoms with van der Waals surface area (Å²) in [5.74, 6) is 0.442. The molecule has 0 spiro atoms. The van der Waals surface area contributed by atoms with Crippen LogP contribution in [0.2, 0.25) is 0 Å². The molecular formula is C10H13N5. The number of hydrogen-bond donors (Lipinski definition) is 3. The Balaban J connectivity index is 2.61. The van der Waals surface area contributed by atoms with Gasteiger partial charge in [-0.1, -0.05) is 0 Å². The number of H-pyrrole nitrogens is 1. The van der Waals surface area contributed by atoms with Crippen molar-refractivity contribution < 1.29 is 0 Å². The number of hydrogen-bond acceptors (Lipinski definition) is 2. The van der Waals surface area contributed by atoms with Crippen LogP contribution in [0.15, 0.2) is 17.1 Å². The summed E-state index contributed by atoms with van der Waals surface area (Å²) in [6.07, 6.45) is 0. The van der Waals surface area contributed by atoms with Crippen molar-refractivity contribution in [1.82, 2.24) is 9.97 Å². The standard InChI is InChI=1S/C10H13N5/c1-5-3-7-8(4-6(5)2)14-10(13-7)15-9(11)12/h3-4H,1-2H3,(H5,11,12,13,14,15). The Morgan fingerprint density at radius 2 is 1.93 bits per heavy atom. The smallest absolute Gasteiger partial charge is 0.231 e. The first kappa shape index (κ1) is 9.51. The first-order valence-electron chi connectivity index (χ1n) is 4.63. The van der Waals surface area contributed by atoms with Crippen LogP contribution in [0, 0.1) is 13.8 Å². The van der Waals surface area contributed by atoms with Gasteiger partial charge in [0.15, 0.2) is 5.96 Å². The average Bonchev–Trinajstić information content (AvgIpc) is 2.46. The molecule has 5 N–H and O–H groups in total. The lowest BCUT2D eigenvalue weighted by Crippen LogP contribution is -2.22. The number of aromatic amines is 1. The average molecular weight is 203 g/mol. The Labute approximate surface area is 87.2 Å². The fourth-order valence-electron chi connectivity index (χ4n) is 1.43. The molecule has 0 radical (unpaired) electrons. The molecule has 0 aliphatic carbocycles. The Kier molecular flexibility index (Phi) is 2.07. The highest BCUT2D eigenvalue weighted by atomic mass is 15.1. The second-order valence-electron chi connectivity index (χ2n) is 3.55. The third-order valence-corrected chi connectivity index (χ3v) is 2.32. The van der Waals surface area contributed by atoms with E-state index in [9.17, 15) is 0 Å². The number of nitrogens with zero attached hydrogens (tertiary/aromatic N) is 2. The first-order valence-corrected chi connectivity index (χ1v) is 4.63. The van der Waals surface area contributed by atoms with E-state index in [4.69, 9.17) is 11.5 Å². The Morgan fingerprint density at radius 1 is 1.27 bits per heavy atom. The minimum absolute atomic E-state index is 0.00231. The minimum atomic E-state index is 0.00231. The minimum Gasteiger partial charge on any atom is -0.370 e. The van der Waals surface area contributed by atoms with Gasteiger partial charge >= 0.3 is 0 Å². The summed E-state index contributed by atoms with van der Waals surface area (Å²) in [6, 6.07) is 4.04. The van der Waals surface area contributed by atoms with Gasteiger partial charge in [-0.3, -0.25) is 0 Å². The van der Waals surface area contributed by atoms with Crippen molar-refractivity contribution in [3.05, 3.63) is 23.3 Å². The lowest BCUT2D eigenvalue weighted by molar-refractivity contribution is 1.24. The van der Waals surface area contributed by atoms with E-state index in [0.717, 1.165) is 11.0 Å². The van der Waals surface area contributed by atoms with Gasteiger partial charge in [-0.15, -0.1) is 0 Å². The number of nitrogens with one attached hydrogen (secondary N) is 1. The van der Waals surface area contributed by atoms with Gasteiger partial charge in [0.05, 0.1) is 11.0 Å². The predicted molar refractivity (Wildman–Crippen MR) is 61.0 cm³/mol. The molecule has 0 aliphatic heterocycles. The number of rotatable bonds is 1. The molecule has 15 heavy (non-hydrogen) atoms. The molecule has 0 bridgehead atoms. The number of aryl methyl sites for hydroxylation is 2. The normalized spacial score (nSPS) is 10.5. The lowest BCUT2D eigenvalue weighted by Gasteiger charge is -1.97. The highest BCUT2D eigenvalue weighted by Crippen LogP contribution is 2.19. The van der Waals surface area contributed by atoms with Crippen LogP contribution in [0.5, 0.6) is 0 Å². The van der Waals surface area contributed by atoms with Gasteiger partial charge in [0.25, 0.3) is 0 Å². The van der Waals surface area contributed by atoms with Gasteiger partial charge < -0.3 is 16.5 Å². The molecular weight excluding hydrogens is 190 g/mol. The number of nitrogens with two attached hydrogens (primary N) is 2. The zero-order valence-electron chi connectivity index (χ0n) is 8.70. The largest absolute Gasteiger partial charge is 0.370 e. The van der Waals surface area contributed by atoms with Gasteiger partial charge in [-0.2, -0.15) is 4.99 Å². The SMILES string of the molecule is Cc1cc2nc(N=C(N)N)[nH]c2cc1C. The molecule has 0 unspecified atom stereocenters. The van der Waals surface area contributed by atoms with Gasteiger partial charge in [-0.25, -0.2) is 4.98 Å². The summed E-state index contributed by atoms with van der Waals surface area (Å²) in [6.45, 7) is 4.10.